The van der Waals surface area contributed by atoms with Gasteiger partial charge in [0, 0.05) is 16.6 Å². The minimum absolute atomic E-state index is 0.0725. The summed E-state index contributed by atoms with van der Waals surface area (Å²) in [5.74, 6) is 0. The maximum absolute atomic E-state index is 9.27. The number of aromatic nitrogens is 1. The number of benzene rings is 1. The number of fused-ring (bicyclic) bond motifs is 3. The van der Waals surface area contributed by atoms with Gasteiger partial charge < -0.3 is 4.57 Å². The van der Waals surface area contributed by atoms with Crippen molar-refractivity contribution in [3.05, 3.63) is 35.5 Å². The van der Waals surface area contributed by atoms with Gasteiger partial charge in [0.25, 0.3) is 0 Å². The van der Waals surface area contributed by atoms with E-state index in [-0.39, 0.29) is 6.04 Å². The summed E-state index contributed by atoms with van der Waals surface area (Å²) in [7, 11) is 0. The quantitative estimate of drug-likeness (QED) is 0.690. The Labute approximate surface area is 108 Å². The lowest BCUT2D eigenvalue weighted by molar-refractivity contribution is 0.640. The van der Waals surface area contributed by atoms with Crippen LogP contribution in [0.25, 0.3) is 10.9 Å². The standard InChI is InChI=1S/C16H18N2/c1-12(11-17)18-15-9-4-2-3-7-13(15)14-8-5-6-10-16(14)18/h5-6,8,10,12H,2-4,7,9H2,1H3/t12-/m0/s1. The van der Waals surface area contributed by atoms with E-state index < -0.39 is 0 Å². The first kappa shape index (κ1) is 11.3. The fourth-order valence-electron chi connectivity index (χ4n) is 3.21. The van der Waals surface area contributed by atoms with E-state index >= 15 is 0 Å². The molecule has 0 aliphatic heterocycles. The zero-order valence-corrected chi connectivity index (χ0v) is 10.8. The highest BCUT2D eigenvalue weighted by Crippen LogP contribution is 2.33. The second kappa shape index (κ2) is 4.49. The molecule has 0 amide bonds. The number of hydrogen-bond acceptors (Lipinski definition) is 1. The van der Waals surface area contributed by atoms with Crippen molar-refractivity contribution in [2.75, 3.05) is 0 Å². The first-order valence-electron chi connectivity index (χ1n) is 6.83. The van der Waals surface area contributed by atoms with Gasteiger partial charge in [-0.3, -0.25) is 0 Å². The van der Waals surface area contributed by atoms with Crippen molar-refractivity contribution in [3.63, 3.8) is 0 Å². The Balaban J connectivity index is 2.32. The predicted molar refractivity (Wildman–Crippen MR) is 73.5 cm³/mol. The summed E-state index contributed by atoms with van der Waals surface area (Å²) in [6.07, 6.45) is 6.13. The zero-order valence-electron chi connectivity index (χ0n) is 10.8. The number of nitrogens with zero attached hydrogens (tertiary/aromatic N) is 2. The molecular formula is C16H18N2. The van der Waals surface area contributed by atoms with Gasteiger partial charge in [-0.2, -0.15) is 5.26 Å². The van der Waals surface area contributed by atoms with E-state index in [2.05, 4.69) is 34.9 Å². The van der Waals surface area contributed by atoms with Crippen molar-refractivity contribution in [2.24, 2.45) is 0 Å². The number of nitriles is 1. The Kier molecular flexibility index (Phi) is 2.83. The molecule has 3 rings (SSSR count). The number of rotatable bonds is 1. The minimum Gasteiger partial charge on any atom is -0.328 e. The van der Waals surface area contributed by atoms with E-state index in [0.717, 1.165) is 6.42 Å². The molecule has 0 unspecified atom stereocenters. The SMILES string of the molecule is C[C@@H](C#N)n1c2c(c3ccccc31)CCCCC2. The fourth-order valence-corrected chi connectivity index (χ4v) is 3.21. The van der Waals surface area contributed by atoms with E-state index in [1.807, 2.05) is 6.92 Å². The molecule has 0 fully saturated rings. The summed E-state index contributed by atoms with van der Waals surface area (Å²) in [6.45, 7) is 2.00. The normalized spacial score (nSPS) is 16.9. The maximum Gasteiger partial charge on any atom is 0.118 e. The molecule has 1 heterocycles. The second-order valence-corrected chi connectivity index (χ2v) is 5.18. The molecular weight excluding hydrogens is 220 g/mol. The lowest BCUT2D eigenvalue weighted by Crippen LogP contribution is -2.07. The van der Waals surface area contributed by atoms with Crippen LogP contribution in [0.1, 0.15) is 43.5 Å². The molecule has 2 nitrogen and oxygen atoms in total. The zero-order chi connectivity index (χ0) is 12.5. The lowest BCUT2D eigenvalue weighted by Gasteiger charge is -2.12. The Hall–Kier alpha value is -1.75. The number of para-hydroxylation sites is 1. The van der Waals surface area contributed by atoms with Gasteiger partial charge in [-0.05, 0) is 44.2 Å². The second-order valence-electron chi connectivity index (χ2n) is 5.18. The van der Waals surface area contributed by atoms with Gasteiger partial charge in [-0.1, -0.05) is 24.6 Å². The van der Waals surface area contributed by atoms with Crippen molar-refractivity contribution < 1.29 is 0 Å². The maximum atomic E-state index is 9.27. The molecule has 0 bridgehead atoms. The van der Waals surface area contributed by atoms with Crippen LogP contribution in [0, 0.1) is 11.3 Å². The Morgan fingerprint density at radius 2 is 1.94 bits per heavy atom. The van der Waals surface area contributed by atoms with Crippen LogP contribution in [0.4, 0.5) is 0 Å². The molecule has 2 heteroatoms. The van der Waals surface area contributed by atoms with E-state index in [1.165, 1.54) is 47.8 Å². The minimum atomic E-state index is -0.0725. The number of hydrogen-bond donors (Lipinski definition) is 0. The number of aryl methyl sites for hydroxylation is 1. The van der Waals surface area contributed by atoms with Crippen molar-refractivity contribution in [2.45, 2.75) is 45.1 Å². The fraction of sp³-hybridized carbons (Fsp3) is 0.438. The third kappa shape index (κ3) is 1.62. The molecule has 1 aliphatic carbocycles. The smallest absolute Gasteiger partial charge is 0.118 e. The van der Waals surface area contributed by atoms with Gasteiger partial charge in [0.2, 0.25) is 0 Å². The molecule has 0 radical (unpaired) electrons. The molecule has 18 heavy (non-hydrogen) atoms. The molecule has 1 atom stereocenters. The molecule has 1 aromatic carbocycles. The summed E-state index contributed by atoms with van der Waals surface area (Å²) in [6, 6.07) is 10.9. The Morgan fingerprint density at radius 3 is 2.78 bits per heavy atom. The van der Waals surface area contributed by atoms with Crippen molar-refractivity contribution in [3.8, 4) is 6.07 Å². The average molecular weight is 238 g/mol. The van der Waals surface area contributed by atoms with E-state index in [9.17, 15) is 5.26 Å². The molecule has 1 aliphatic rings. The predicted octanol–water partition coefficient (Wildman–Crippen LogP) is 3.99. The van der Waals surface area contributed by atoms with Gasteiger partial charge >= 0.3 is 0 Å². The molecule has 92 valence electrons. The van der Waals surface area contributed by atoms with Gasteiger partial charge in [-0.25, -0.2) is 0 Å². The average Bonchev–Trinajstić information content (AvgIpc) is 2.57. The van der Waals surface area contributed by atoms with Gasteiger partial charge in [0.15, 0.2) is 0 Å². The van der Waals surface area contributed by atoms with E-state index in [0.29, 0.717) is 0 Å². The summed E-state index contributed by atoms with van der Waals surface area (Å²) in [5.41, 5.74) is 4.13. The first-order chi connectivity index (χ1) is 8.83. The van der Waals surface area contributed by atoms with Crippen LogP contribution < -0.4 is 0 Å². The first-order valence-corrected chi connectivity index (χ1v) is 6.83. The third-order valence-corrected chi connectivity index (χ3v) is 4.04. The topological polar surface area (TPSA) is 28.7 Å². The van der Waals surface area contributed by atoms with Crippen LogP contribution >= 0.6 is 0 Å². The van der Waals surface area contributed by atoms with Crippen LogP contribution in [0.15, 0.2) is 24.3 Å². The monoisotopic (exact) mass is 238 g/mol. The molecule has 0 N–H and O–H groups in total. The van der Waals surface area contributed by atoms with Gasteiger partial charge in [-0.15, -0.1) is 0 Å². The summed E-state index contributed by atoms with van der Waals surface area (Å²) in [4.78, 5) is 0. The molecule has 0 saturated carbocycles. The molecule has 2 aromatic rings. The summed E-state index contributed by atoms with van der Waals surface area (Å²) in [5, 5.41) is 10.6. The summed E-state index contributed by atoms with van der Waals surface area (Å²) >= 11 is 0. The Morgan fingerprint density at radius 1 is 1.17 bits per heavy atom. The van der Waals surface area contributed by atoms with Crippen molar-refractivity contribution >= 4 is 10.9 Å². The molecule has 0 saturated heterocycles. The third-order valence-electron chi connectivity index (χ3n) is 4.04. The van der Waals surface area contributed by atoms with Crippen LogP contribution in [-0.2, 0) is 12.8 Å². The van der Waals surface area contributed by atoms with Crippen LogP contribution in [0.3, 0.4) is 0 Å². The van der Waals surface area contributed by atoms with Gasteiger partial charge in [0.1, 0.15) is 6.04 Å². The highest BCUT2D eigenvalue weighted by atomic mass is 15.0. The van der Waals surface area contributed by atoms with Crippen molar-refractivity contribution in [1.29, 1.82) is 5.26 Å². The largest absolute Gasteiger partial charge is 0.328 e. The molecule has 0 spiro atoms. The van der Waals surface area contributed by atoms with E-state index in [4.69, 9.17) is 0 Å². The summed E-state index contributed by atoms with van der Waals surface area (Å²) < 4.78 is 2.26. The van der Waals surface area contributed by atoms with E-state index in [1.54, 1.807) is 0 Å². The van der Waals surface area contributed by atoms with Crippen LogP contribution in [0.5, 0.6) is 0 Å². The van der Waals surface area contributed by atoms with Gasteiger partial charge in [0.05, 0.1) is 6.07 Å². The highest BCUT2D eigenvalue weighted by Gasteiger charge is 2.20. The van der Waals surface area contributed by atoms with Crippen LogP contribution in [-0.4, -0.2) is 4.57 Å². The van der Waals surface area contributed by atoms with Crippen molar-refractivity contribution in [1.82, 2.24) is 4.57 Å². The lowest BCUT2D eigenvalue weighted by atomic mass is 10.1. The highest BCUT2D eigenvalue weighted by molar-refractivity contribution is 5.86. The van der Waals surface area contributed by atoms with Crippen LogP contribution in [0.2, 0.25) is 0 Å². The Bertz CT molecular complexity index is 616. The molecule has 1 aromatic heterocycles.